The van der Waals surface area contributed by atoms with Gasteiger partial charge in [0.1, 0.15) is 0 Å². The Morgan fingerprint density at radius 2 is 2.02 bits per heavy atom. The highest BCUT2D eigenvalue weighted by atomic mass is 32.1. The number of imide groups is 1. The van der Waals surface area contributed by atoms with Crippen LogP contribution in [0.1, 0.15) is 49.2 Å². The van der Waals surface area contributed by atoms with Gasteiger partial charge in [-0.25, -0.2) is 4.39 Å². The van der Waals surface area contributed by atoms with Crippen LogP contribution in [0.5, 0.6) is 5.75 Å². The van der Waals surface area contributed by atoms with Gasteiger partial charge >= 0.3 is 0 Å². The zero-order chi connectivity index (χ0) is 28.7. The van der Waals surface area contributed by atoms with Crippen molar-refractivity contribution in [1.29, 1.82) is 0 Å². The molecule has 2 fully saturated rings. The first kappa shape index (κ1) is 27.5. The summed E-state index contributed by atoms with van der Waals surface area (Å²) in [5.74, 6) is -1.77. The number of thiophene rings is 1. The summed E-state index contributed by atoms with van der Waals surface area (Å²) < 4.78 is 20.5. The number of fused-ring (bicyclic) bond motifs is 3. The number of carbonyl (C=O) groups excluding carboxylic acids is 2. The molecule has 4 atom stereocenters. The number of ether oxygens (including phenoxy) is 1. The molecule has 0 bridgehead atoms. The lowest BCUT2D eigenvalue weighted by Crippen LogP contribution is -2.35. The standard InChI is InChI=1S/C33H33FN2O4S/c1-19(2)23-16-24-31(33(39)36(32(24)38)17-22-6-5-13-41-22)25-18-40-29(30(23)25)11-9-21(27-7-3-4-12-35-27)14-20-8-10-28(37)26(34)15-20/h3-8,10,12-15,19,24-25,29,31,37H,9,11,16-18H2,1-2H3/b21-14-/t24-,25+,29-,31-/m1/s1. The molecule has 6 nitrogen and oxygen atoms in total. The summed E-state index contributed by atoms with van der Waals surface area (Å²) in [6.45, 7) is 5.06. The fourth-order valence-corrected chi connectivity index (χ4v) is 7.36. The van der Waals surface area contributed by atoms with Gasteiger partial charge in [-0.05, 0) is 83.7 Å². The highest BCUT2D eigenvalue weighted by Crippen LogP contribution is 2.51. The summed E-state index contributed by atoms with van der Waals surface area (Å²) in [5, 5.41) is 11.6. The number of rotatable bonds is 8. The van der Waals surface area contributed by atoms with Crippen LogP contribution in [0.4, 0.5) is 4.39 Å². The summed E-state index contributed by atoms with van der Waals surface area (Å²) >= 11 is 1.56. The van der Waals surface area contributed by atoms with E-state index in [0.29, 0.717) is 38.0 Å². The third-order valence-electron chi connectivity index (χ3n) is 8.61. The Balaban J connectivity index is 1.27. The van der Waals surface area contributed by atoms with Crippen LogP contribution >= 0.6 is 11.3 Å². The molecule has 1 N–H and O–H groups in total. The van der Waals surface area contributed by atoms with E-state index in [4.69, 9.17) is 4.74 Å². The topological polar surface area (TPSA) is 79.7 Å². The predicted molar refractivity (Wildman–Crippen MR) is 156 cm³/mol. The maximum atomic E-state index is 14.1. The van der Waals surface area contributed by atoms with Crippen LogP contribution in [0, 0.1) is 29.5 Å². The monoisotopic (exact) mass is 572 g/mol. The van der Waals surface area contributed by atoms with Crippen LogP contribution in [0.3, 0.4) is 0 Å². The van der Waals surface area contributed by atoms with Crippen molar-refractivity contribution < 1.29 is 23.8 Å². The number of phenolic OH excluding ortho intramolecular Hbond substituents is 1. The lowest BCUT2D eigenvalue weighted by atomic mass is 9.67. The molecular weight excluding hydrogens is 539 g/mol. The molecule has 41 heavy (non-hydrogen) atoms. The third-order valence-corrected chi connectivity index (χ3v) is 9.47. The molecule has 2 aromatic heterocycles. The van der Waals surface area contributed by atoms with Gasteiger partial charge in [-0.1, -0.05) is 37.6 Å². The lowest BCUT2D eigenvalue weighted by Gasteiger charge is -2.33. The molecule has 1 aliphatic carbocycles. The van der Waals surface area contributed by atoms with E-state index in [0.717, 1.165) is 16.1 Å². The first-order valence-corrected chi connectivity index (χ1v) is 15.0. The second-order valence-electron chi connectivity index (χ2n) is 11.4. The Morgan fingerprint density at radius 1 is 1.17 bits per heavy atom. The second kappa shape index (κ2) is 11.3. The zero-order valence-corrected chi connectivity index (χ0v) is 23.9. The van der Waals surface area contributed by atoms with Crippen LogP contribution < -0.4 is 0 Å². The van der Waals surface area contributed by atoms with E-state index >= 15 is 0 Å². The number of carbonyl (C=O) groups is 2. The van der Waals surface area contributed by atoms with Crippen molar-refractivity contribution in [2.24, 2.45) is 23.7 Å². The summed E-state index contributed by atoms with van der Waals surface area (Å²) in [4.78, 5) is 34.2. The normalized spacial score (nSPS) is 24.4. The average Bonchev–Trinajstić information content (AvgIpc) is 3.69. The van der Waals surface area contributed by atoms with Gasteiger partial charge in [-0.3, -0.25) is 19.5 Å². The van der Waals surface area contributed by atoms with E-state index in [1.54, 1.807) is 23.6 Å². The van der Waals surface area contributed by atoms with Crippen LogP contribution in [0.25, 0.3) is 11.6 Å². The molecule has 4 heterocycles. The summed E-state index contributed by atoms with van der Waals surface area (Å²) in [6, 6.07) is 13.9. The Hall–Kier alpha value is -3.62. The Labute approximate surface area is 243 Å². The predicted octanol–water partition coefficient (Wildman–Crippen LogP) is 6.48. The number of halogens is 1. The molecule has 2 amide bonds. The maximum absolute atomic E-state index is 14.1. The largest absolute Gasteiger partial charge is 0.505 e. The van der Waals surface area contributed by atoms with Crippen molar-refractivity contribution in [3.05, 3.63) is 93.2 Å². The fourth-order valence-electron chi connectivity index (χ4n) is 6.67. The van der Waals surface area contributed by atoms with Gasteiger partial charge in [0.15, 0.2) is 11.6 Å². The first-order valence-electron chi connectivity index (χ1n) is 14.1. The number of aromatic nitrogens is 1. The highest BCUT2D eigenvalue weighted by Gasteiger charge is 2.57. The van der Waals surface area contributed by atoms with Crippen molar-refractivity contribution in [2.75, 3.05) is 6.61 Å². The van der Waals surface area contributed by atoms with E-state index in [9.17, 15) is 19.1 Å². The molecule has 3 aliphatic rings. The van der Waals surface area contributed by atoms with Gasteiger partial charge in [-0.2, -0.15) is 0 Å². The summed E-state index contributed by atoms with van der Waals surface area (Å²) in [5.41, 5.74) is 4.78. The minimum atomic E-state index is -0.673. The number of aromatic hydroxyl groups is 1. The Morgan fingerprint density at radius 3 is 2.73 bits per heavy atom. The molecule has 2 saturated heterocycles. The molecule has 0 unspecified atom stereocenters. The van der Waals surface area contributed by atoms with Crippen molar-refractivity contribution in [3.63, 3.8) is 0 Å². The van der Waals surface area contributed by atoms with E-state index in [2.05, 4.69) is 18.8 Å². The Bertz CT molecular complexity index is 1520. The minimum absolute atomic E-state index is 0.0597. The van der Waals surface area contributed by atoms with Gasteiger partial charge in [0.25, 0.3) is 0 Å². The van der Waals surface area contributed by atoms with Gasteiger partial charge in [0.2, 0.25) is 11.8 Å². The van der Waals surface area contributed by atoms with Crippen molar-refractivity contribution >= 4 is 34.8 Å². The molecule has 2 aliphatic heterocycles. The number of amides is 2. The number of hydrogen-bond donors (Lipinski definition) is 1. The van der Waals surface area contributed by atoms with E-state index in [1.807, 2.05) is 41.8 Å². The SMILES string of the molecule is CC(C)C1=C2[C@@H](CC/C(=C/c3ccc(O)c(F)c3)c3ccccn3)OC[C@@H]2[C@@H]2C(=O)N(Cc3cccs3)C(=O)[C@@H]2C1. The van der Waals surface area contributed by atoms with Crippen LogP contribution in [0.2, 0.25) is 0 Å². The maximum Gasteiger partial charge on any atom is 0.234 e. The van der Waals surface area contributed by atoms with E-state index < -0.39 is 5.82 Å². The quantitative estimate of drug-likeness (QED) is 0.247. The number of hydrogen-bond acceptors (Lipinski definition) is 6. The number of pyridine rings is 1. The molecule has 0 radical (unpaired) electrons. The minimum Gasteiger partial charge on any atom is -0.505 e. The smallest absolute Gasteiger partial charge is 0.234 e. The lowest BCUT2D eigenvalue weighted by molar-refractivity contribution is -0.140. The molecule has 212 valence electrons. The van der Waals surface area contributed by atoms with Gasteiger partial charge in [0.05, 0.1) is 36.8 Å². The third kappa shape index (κ3) is 5.26. The summed E-state index contributed by atoms with van der Waals surface area (Å²) in [7, 11) is 0. The molecule has 0 spiro atoms. The van der Waals surface area contributed by atoms with Crippen LogP contribution in [-0.4, -0.2) is 39.5 Å². The van der Waals surface area contributed by atoms with Gasteiger partial charge in [0, 0.05) is 17.0 Å². The fraction of sp³-hybridized carbons (Fsp3) is 0.364. The number of nitrogens with zero attached hydrogens (tertiary/aromatic N) is 2. The van der Waals surface area contributed by atoms with Crippen molar-refractivity contribution in [1.82, 2.24) is 9.88 Å². The average molecular weight is 573 g/mol. The molecule has 1 aromatic carbocycles. The number of allylic oxidation sites excluding steroid dienone is 2. The highest BCUT2D eigenvalue weighted by molar-refractivity contribution is 7.09. The zero-order valence-electron chi connectivity index (χ0n) is 23.1. The Kier molecular flexibility index (Phi) is 7.62. The molecule has 6 rings (SSSR count). The second-order valence-corrected chi connectivity index (χ2v) is 12.4. The van der Waals surface area contributed by atoms with Gasteiger partial charge < -0.3 is 9.84 Å². The molecule has 0 saturated carbocycles. The van der Waals surface area contributed by atoms with E-state index in [-0.39, 0.29) is 47.3 Å². The molecular formula is C33H33FN2O4S. The van der Waals surface area contributed by atoms with E-state index in [1.165, 1.54) is 28.2 Å². The van der Waals surface area contributed by atoms with Crippen LogP contribution in [-0.2, 0) is 20.9 Å². The van der Waals surface area contributed by atoms with Gasteiger partial charge in [-0.15, -0.1) is 11.3 Å². The molecule has 8 heteroatoms. The molecule has 3 aromatic rings. The number of likely N-dealkylation sites (tertiary alicyclic amines) is 1. The number of phenols is 1. The van der Waals surface area contributed by atoms with Crippen molar-refractivity contribution in [2.45, 2.75) is 45.8 Å². The van der Waals surface area contributed by atoms with Crippen LogP contribution in [0.15, 0.2) is 71.3 Å². The summed E-state index contributed by atoms with van der Waals surface area (Å²) in [6.07, 6.45) is 5.34. The van der Waals surface area contributed by atoms with Crippen molar-refractivity contribution in [3.8, 4) is 5.75 Å². The number of benzene rings is 1. The first-order chi connectivity index (χ1) is 19.8.